The van der Waals surface area contributed by atoms with Crippen molar-refractivity contribution in [2.24, 2.45) is 7.05 Å². The number of fused-ring (bicyclic) bond motifs is 1. The van der Waals surface area contributed by atoms with Gasteiger partial charge in [0, 0.05) is 31.9 Å². The third kappa shape index (κ3) is 2.65. The largest absolute Gasteiger partial charge is 0.417 e. The minimum absolute atomic E-state index is 0.0914. The molecule has 0 saturated heterocycles. The topological polar surface area (TPSA) is 101 Å². The maximum atomic E-state index is 12.8. The number of benzene rings is 1. The number of aryl methyl sites for hydroxylation is 2. The van der Waals surface area contributed by atoms with E-state index >= 15 is 0 Å². The molecule has 0 unspecified atom stereocenters. The van der Waals surface area contributed by atoms with E-state index in [1.807, 2.05) is 20.9 Å². The molecular formula is C15H18N4O4S. The highest BCUT2D eigenvalue weighted by Crippen LogP contribution is 2.22. The number of H-pyrrole nitrogens is 1. The van der Waals surface area contributed by atoms with Gasteiger partial charge in [-0.15, -0.1) is 0 Å². The molecule has 0 fully saturated rings. The molecule has 24 heavy (non-hydrogen) atoms. The summed E-state index contributed by atoms with van der Waals surface area (Å²) in [5, 5.41) is 4.31. The van der Waals surface area contributed by atoms with Crippen molar-refractivity contribution >= 4 is 21.1 Å². The molecule has 1 N–H and O–H groups in total. The first-order valence-corrected chi connectivity index (χ1v) is 8.72. The average molecular weight is 350 g/mol. The van der Waals surface area contributed by atoms with E-state index in [1.165, 1.54) is 29.6 Å². The Hall–Kier alpha value is -2.39. The number of rotatable bonds is 4. The highest BCUT2D eigenvalue weighted by atomic mass is 32.2. The summed E-state index contributed by atoms with van der Waals surface area (Å²) >= 11 is 0. The minimum atomic E-state index is -3.71. The van der Waals surface area contributed by atoms with E-state index in [4.69, 9.17) is 4.42 Å². The molecule has 0 aliphatic carbocycles. The Morgan fingerprint density at radius 2 is 2.04 bits per heavy atom. The molecular weight excluding hydrogens is 332 g/mol. The lowest BCUT2D eigenvalue weighted by Gasteiger charge is -2.17. The van der Waals surface area contributed by atoms with Gasteiger partial charge in [0.25, 0.3) is 0 Å². The summed E-state index contributed by atoms with van der Waals surface area (Å²) in [7, 11) is -0.371. The maximum Gasteiger partial charge on any atom is 0.417 e. The van der Waals surface area contributed by atoms with Crippen molar-refractivity contribution in [3.05, 3.63) is 45.7 Å². The number of nitrogens with zero attached hydrogens (tertiary/aromatic N) is 3. The smallest absolute Gasteiger partial charge is 0.408 e. The van der Waals surface area contributed by atoms with Gasteiger partial charge in [0.05, 0.1) is 16.1 Å². The fourth-order valence-electron chi connectivity index (χ4n) is 2.63. The van der Waals surface area contributed by atoms with E-state index in [0.717, 1.165) is 17.0 Å². The number of nitrogens with one attached hydrogen (secondary N) is 1. The van der Waals surface area contributed by atoms with Crippen LogP contribution in [0.15, 0.2) is 32.3 Å². The van der Waals surface area contributed by atoms with Crippen LogP contribution in [0.1, 0.15) is 17.0 Å². The zero-order chi connectivity index (χ0) is 17.6. The Balaban J connectivity index is 1.97. The van der Waals surface area contributed by atoms with Crippen molar-refractivity contribution < 1.29 is 12.8 Å². The average Bonchev–Trinajstić information content (AvgIpc) is 3.00. The van der Waals surface area contributed by atoms with Gasteiger partial charge in [-0.05, 0) is 32.0 Å². The molecule has 0 radical (unpaired) electrons. The monoisotopic (exact) mass is 350 g/mol. The number of oxazole rings is 1. The van der Waals surface area contributed by atoms with Gasteiger partial charge in [-0.3, -0.25) is 9.67 Å². The van der Waals surface area contributed by atoms with E-state index in [1.54, 1.807) is 4.68 Å². The van der Waals surface area contributed by atoms with Crippen LogP contribution in [0.25, 0.3) is 11.1 Å². The zero-order valence-electron chi connectivity index (χ0n) is 13.8. The molecule has 3 aromatic rings. The lowest BCUT2D eigenvalue weighted by Crippen LogP contribution is -2.27. The molecule has 0 aliphatic rings. The van der Waals surface area contributed by atoms with Crippen LogP contribution in [0, 0.1) is 13.8 Å². The van der Waals surface area contributed by atoms with E-state index in [9.17, 15) is 13.2 Å². The van der Waals surface area contributed by atoms with Crippen LogP contribution in [0.3, 0.4) is 0 Å². The zero-order valence-corrected chi connectivity index (χ0v) is 14.6. The van der Waals surface area contributed by atoms with Crippen molar-refractivity contribution in [1.29, 1.82) is 0 Å². The Morgan fingerprint density at radius 3 is 2.67 bits per heavy atom. The molecule has 2 heterocycles. The Morgan fingerprint density at radius 1 is 1.33 bits per heavy atom. The van der Waals surface area contributed by atoms with Crippen LogP contribution in [-0.2, 0) is 23.6 Å². The lowest BCUT2D eigenvalue weighted by molar-refractivity contribution is 0.465. The van der Waals surface area contributed by atoms with Gasteiger partial charge < -0.3 is 4.42 Å². The summed E-state index contributed by atoms with van der Waals surface area (Å²) < 4.78 is 33.5. The Kier molecular flexibility index (Phi) is 3.84. The first kappa shape index (κ1) is 16.5. The van der Waals surface area contributed by atoms with Crippen molar-refractivity contribution in [3.8, 4) is 0 Å². The molecule has 2 aromatic heterocycles. The van der Waals surface area contributed by atoms with Crippen LogP contribution in [-0.4, -0.2) is 34.5 Å². The third-order valence-corrected chi connectivity index (χ3v) is 5.94. The van der Waals surface area contributed by atoms with E-state index < -0.39 is 15.8 Å². The van der Waals surface area contributed by atoms with Crippen LogP contribution in [0.2, 0.25) is 0 Å². The van der Waals surface area contributed by atoms with E-state index in [-0.39, 0.29) is 11.4 Å². The molecule has 1 aromatic carbocycles. The number of aromatic nitrogens is 3. The quantitative estimate of drug-likeness (QED) is 0.764. The molecule has 0 amide bonds. The standard InChI is InChI=1S/C15H18N4O4S/c1-9-12(10(2)19(4)17-9)8-18(3)24(21,22)11-5-6-14-13(7-11)16-15(20)23-14/h5-7H,8H2,1-4H3,(H,16,20). The van der Waals surface area contributed by atoms with E-state index in [0.29, 0.717) is 11.1 Å². The first-order valence-electron chi connectivity index (χ1n) is 7.28. The molecule has 0 saturated carbocycles. The van der Waals surface area contributed by atoms with Gasteiger partial charge in [0.1, 0.15) is 0 Å². The molecule has 3 rings (SSSR count). The van der Waals surface area contributed by atoms with Crippen molar-refractivity contribution in [1.82, 2.24) is 19.1 Å². The predicted molar refractivity (Wildman–Crippen MR) is 88.2 cm³/mol. The highest BCUT2D eigenvalue weighted by Gasteiger charge is 2.24. The summed E-state index contributed by atoms with van der Waals surface area (Å²) in [5.41, 5.74) is 3.26. The van der Waals surface area contributed by atoms with E-state index in [2.05, 4.69) is 10.1 Å². The normalized spacial score (nSPS) is 12.4. The summed E-state index contributed by atoms with van der Waals surface area (Å²) in [5.74, 6) is -0.616. The SMILES string of the molecule is Cc1nn(C)c(C)c1CN(C)S(=O)(=O)c1ccc2oc(=O)[nH]c2c1. The molecule has 0 aliphatic heterocycles. The molecule has 8 nitrogen and oxygen atoms in total. The van der Waals surface area contributed by atoms with Crippen LogP contribution < -0.4 is 5.76 Å². The van der Waals surface area contributed by atoms with Crippen LogP contribution in [0.4, 0.5) is 0 Å². The molecule has 0 atom stereocenters. The Bertz CT molecular complexity index is 1070. The van der Waals surface area contributed by atoms with Gasteiger partial charge in [0.2, 0.25) is 10.0 Å². The second-order valence-corrected chi connectivity index (χ2v) is 7.75. The molecule has 0 spiro atoms. The second-order valence-electron chi connectivity index (χ2n) is 5.71. The van der Waals surface area contributed by atoms with Crippen molar-refractivity contribution in [2.75, 3.05) is 7.05 Å². The first-order chi connectivity index (χ1) is 11.2. The second kappa shape index (κ2) is 5.60. The summed E-state index contributed by atoms with van der Waals surface area (Å²) in [4.78, 5) is 13.8. The maximum absolute atomic E-state index is 12.8. The minimum Gasteiger partial charge on any atom is -0.408 e. The molecule has 128 valence electrons. The van der Waals surface area contributed by atoms with Gasteiger partial charge in [-0.25, -0.2) is 13.2 Å². The van der Waals surface area contributed by atoms with Crippen LogP contribution >= 0.6 is 0 Å². The summed E-state index contributed by atoms with van der Waals surface area (Å²) in [6.07, 6.45) is 0. The van der Waals surface area contributed by atoms with Crippen molar-refractivity contribution in [2.45, 2.75) is 25.3 Å². The fourth-order valence-corrected chi connectivity index (χ4v) is 3.79. The lowest BCUT2D eigenvalue weighted by atomic mass is 10.2. The van der Waals surface area contributed by atoms with Gasteiger partial charge in [-0.2, -0.15) is 9.40 Å². The van der Waals surface area contributed by atoms with Crippen molar-refractivity contribution in [3.63, 3.8) is 0 Å². The fraction of sp³-hybridized carbons (Fsp3) is 0.333. The van der Waals surface area contributed by atoms with Gasteiger partial charge in [0.15, 0.2) is 5.58 Å². The summed E-state index contributed by atoms with van der Waals surface area (Å²) in [6.45, 7) is 3.97. The molecule has 9 heteroatoms. The summed E-state index contributed by atoms with van der Waals surface area (Å²) in [6, 6.07) is 4.29. The number of hydrogen-bond acceptors (Lipinski definition) is 5. The van der Waals surface area contributed by atoms with Crippen LogP contribution in [0.5, 0.6) is 0 Å². The third-order valence-electron chi connectivity index (χ3n) is 4.14. The number of aromatic amines is 1. The molecule has 0 bridgehead atoms. The number of sulfonamides is 1. The number of hydrogen-bond donors (Lipinski definition) is 1. The van der Waals surface area contributed by atoms with Gasteiger partial charge in [-0.1, -0.05) is 0 Å². The Labute approximate surface area is 138 Å². The van der Waals surface area contributed by atoms with Gasteiger partial charge >= 0.3 is 5.76 Å². The predicted octanol–water partition coefficient (Wildman–Crippen LogP) is 1.29. The highest BCUT2D eigenvalue weighted by molar-refractivity contribution is 7.89.